The molecule has 1 fully saturated rings. The van der Waals surface area contributed by atoms with Gasteiger partial charge in [-0.3, -0.25) is 4.90 Å². The lowest BCUT2D eigenvalue weighted by molar-refractivity contribution is 0.0345. The van der Waals surface area contributed by atoms with Gasteiger partial charge in [-0.2, -0.15) is 0 Å². The molecule has 0 aromatic heterocycles. The molecule has 0 unspecified atom stereocenters. The van der Waals surface area contributed by atoms with Crippen LogP contribution in [0.2, 0.25) is 0 Å². The molecule has 2 rings (SSSR count). The zero-order valence-electron chi connectivity index (χ0n) is 12.7. The summed E-state index contributed by atoms with van der Waals surface area (Å²) in [5.41, 5.74) is 6.80. The predicted octanol–water partition coefficient (Wildman–Crippen LogP) is 0.674. The summed E-state index contributed by atoms with van der Waals surface area (Å²) in [7, 11) is 0. The molecule has 0 saturated carbocycles. The lowest BCUT2D eigenvalue weighted by Gasteiger charge is -2.38. The van der Waals surface area contributed by atoms with Crippen LogP contribution < -0.4 is 10.6 Å². The molecule has 0 atom stereocenters. The summed E-state index contributed by atoms with van der Waals surface area (Å²) in [5.74, 6) is 0.129. The van der Waals surface area contributed by atoms with E-state index < -0.39 is 5.60 Å². The summed E-state index contributed by atoms with van der Waals surface area (Å²) in [6.45, 7) is 7.80. The summed E-state index contributed by atoms with van der Waals surface area (Å²) in [4.78, 5) is 4.48. The van der Waals surface area contributed by atoms with Crippen molar-refractivity contribution in [1.82, 2.24) is 4.90 Å². The molecule has 21 heavy (non-hydrogen) atoms. The molecule has 1 aromatic carbocycles. The fraction of sp³-hybridized carbons (Fsp3) is 0.533. The van der Waals surface area contributed by atoms with Gasteiger partial charge < -0.3 is 20.9 Å². The first kappa shape index (κ1) is 15.6. The fourth-order valence-corrected chi connectivity index (χ4v) is 2.71. The van der Waals surface area contributed by atoms with E-state index in [9.17, 15) is 5.11 Å². The molecule has 4 N–H and O–H groups in total. The highest BCUT2D eigenvalue weighted by Crippen LogP contribution is 2.22. The number of amidine groups is 1. The van der Waals surface area contributed by atoms with Crippen molar-refractivity contribution in [2.24, 2.45) is 10.9 Å². The van der Waals surface area contributed by atoms with Gasteiger partial charge in [-0.25, -0.2) is 0 Å². The van der Waals surface area contributed by atoms with Crippen molar-refractivity contribution in [1.29, 1.82) is 0 Å². The van der Waals surface area contributed by atoms with E-state index in [0.29, 0.717) is 6.54 Å². The van der Waals surface area contributed by atoms with Crippen LogP contribution in [-0.4, -0.2) is 59.4 Å². The molecule has 0 spiro atoms. The molecule has 6 heteroatoms. The average Bonchev–Trinajstić information content (AvgIpc) is 2.45. The van der Waals surface area contributed by atoms with Gasteiger partial charge >= 0.3 is 0 Å². The van der Waals surface area contributed by atoms with Crippen LogP contribution in [-0.2, 0) is 0 Å². The van der Waals surface area contributed by atoms with E-state index in [2.05, 4.69) is 15.0 Å². The van der Waals surface area contributed by atoms with Gasteiger partial charge in [-0.05, 0) is 26.0 Å². The molecular weight excluding hydrogens is 268 g/mol. The standard InChI is InChI=1S/C15H24N4O2/c1-15(2,20)11-18-7-9-19(10-8-18)13-6-4-3-5-12(13)14(16)17-21/h3-6,20-21H,7-11H2,1-2H3,(H2,16,17). The molecule has 1 aromatic rings. The van der Waals surface area contributed by atoms with Crippen molar-refractivity contribution < 1.29 is 10.3 Å². The second-order valence-corrected chi connectivity index (χ2v) is 6.08. The van der Waals surface area contributed by atoms with E-state index in [4.69, 9.17) is 10.9 Å². The summed E-state index contributed by atoms with van der Waals surface area (Å²) >= 11 is 0. The molecule has 1 aliphatic heterocycles. The third kappa shape index (κ3) is 4.09. The predicted molar refractivity (Wildman–Crippen MR) is 83.9 cm³/mol. The maximum absolute atomic E-state index is 9.89. The summed E-state index contributed by atoms with van der Waals surface area (Å²) in [6, 6.07) is 7.67. The van der Waals surface area contributed by atoms with Gasteiger partial charge in [0.05, 0.1) is 5.60 Å². The Bertz CT molecular complexity index is 503. The van der Waals surface area contributed by atoms with E-state index in [1.54, 1.807) is 0 Å². The molecule has 116 valence electrons. The first-order chi connectivity index (χ1) is 9.90. The van der Waals surface area contributed by atoms with Gasteiger partial charge in [0, 0.05) is 44.0 Å². The Balaban J connectivity index is 2.06. The molecular formula is C15H24N4O2. The number of anilines is 1. The Morgan fingerprint density at radius 2 is 1.86 bits per heavy atom. The minimum atomic E-state index is -0.673. The summed E-state index contributed by atoms with van der Waals surface area (Å²) in [6.07, 6.45) is 0. The number of nitrogens with zero attached hydrogens (tertiary/aromatic N) is 3. The third-order valence-corrected chi connectivity index (χ3v) is 3.61. The normalized spacial score (nSPS) is 18.0. The van der Waals surface area contributed by atoms with E-state index in [1.807, 2.05) is 38.1 Å². The molecule has 0 bridgehead atoms. The van der Waals surface area contributed by atoms with Crippen LogP contribution in [0.3, 0.4) is 0 Å². The minimum absolute atomic E-state index is 0.129. The Morgan fingerprint density at radius 3 is 2.43 bits per heavy atom. The lowest BCUT2D eigenvalue weighted by atomic mass is 10.1. The number of aliphatic hydroxyl groups is 1. The Hall–Kier alpha value is -1.79. The number of oxime groups is 1. The SMILES string of the molecule is CC(C)(O)CN1CCN(c2ccccc2C(N)=NO)CC1. The second-order valence-electron chi connectivity index (χ2n) is 6.08. The first-order valence-electron chi connectivity index (χ1n) is 7.17. The highest BCUT2D eigenvalue weighted by molar-refractivity contribution is 6.02. The third-order valence-electron chi connectivity index (χ3n) is 3.61. The van der Waals surface area contributed by atoms with Crippen molar-refractivity contribution in [2.45, 2.75) is 19.4 Å². The largest absolute Gasteiger partial charge is 0.409 e. The number of β-amino-alcohol motifs (C(OH)–C–C–N with tert-alkyl or cyclic N) is 1. The number of nitrogens with two attached hydrogens (primary N) is 1. The average molecular weight is 292 g/mol. The highest BCUT2D eigenvalue weighted by Gasteiger charge is 2.24. The summed E-state index contributed by atoms with van der Waals surface area (Å²) in [5, 5.41) is 21.9. The maximum atomic E-state index is 9.89. The monoisotopic (exact) mass is 292 g/mol. The van der Waals surface area contributed by atoms with Crippen molar-refractivity contribution in [3.8, 4) is 0 Å². The number of hydrogen-bond donors (Lipinski definition) is 3. The zero-order chi connectivity index (χ0) is 15.5. The van der Waals surface area contributed by atoms with Gasteiger partial charge in [0.1, 0.15) is 0 Å². The van der Waals surface area contributed by atoms with Crippen LogP contribution in [0.5, 0.6) is 0 Å². The van der Waals surface area contributed by atoms with Crippen LogP contribution in [0, 0.1) is 0 Å². The number of para-hydroxylation sites is 1. The van der Waals surface area contributed by atoms with Crippen LogP contribution in [0.25, 0.3) is 0 Å². The van der Waals surface area contributed by atoms with Crippen molar-refractivity contribution in [2.75, 3.05) is 37.6 Å². The minimum Gasteiger partial charge on any atom is -0.409 e. The second kappa shape index (κ2) is 6.32. The van der Waals surface area contributed by atoms with Crippen molar-refractivity contribution in [3.05, 3.63) is 29.8 Å². The quantitative estimate of drug-likeness (QED) is 0.329. The molecule has 1 aliphatic rings. The van der Waals surface area contributed by atoms with Gasteiger partial charge in [0.2, 0.25) is 0 Å². The van der Waals surface area contributed by atoms with Gasteiger partial charge in [0.15, 0.2) is 5.84 Å². The molecule has 0 radical (unpaired) electrons. The summed E-state index contributed by atoms with van der Waals surface area (Å²) < 4.78 is 0. The van der Waals surface area contributed by atoms with Gasteiger partial charge in [0.25, 0.3) is 0 Å². The van der Waals surface area contributed by atoms with E-state index in [1.165, 1.54) is 0 Å². The molecule has 6 nitrogen and oxygen atoms in total. The number of piperazine rings is 1. The van der Waals surface area contributed by atoms with Crippen molar-refractivity contribution >= 4 is 11.5 Å². The topological polar surface area (TPSA) is 85.3 Å². The molecule has 1 saturated heterocycles. The fourth-order valence-electron chi connectivity index (χ4n) is 2.71. The number of hydrogen-bond acceptors (Lipinski definition) is 5. The van der Waals surface area contributed by atoms with Crippen molar-refractivity contribution in [3.63, 3.8) is 0 Å². The Morgan fingerprint density at radius 1 is 1.24 bits per heavy atom. The van der Waals surface area contributed by atoms with E-state index in [-0.39, 0.29) is 5.84 Å². The zero-order valence-corrected chi connectivity index (χ0v) is 12.7. The van der Waals surface area contributed by atoms with Crippen LogP contribution in [0.1, 0.15) is 19.4 Å². The molecule has 0 aliphatic carbocycles. The first-order valence-corrected chi connectivity index (χ1v) is 7.17. The Labute approximate surface area is 125 Å². The van der Waals surface area contributed by atoms with Gasteiger partial charge in [-0.15, -0.1) is 0 Å². The van der Waals surface area contributed by atoms with Crippen LogP contribution in [0.15, 0.2) is 29.4 Å². The van der Waals surface area contributed by atoms with Crippen LogP contribution >= 0.6 is 0 Å². The smallest absolute Gasteiger partial charge is 0.172 e. The van der Waals surface area contributed by atoms with E-state index >= 15 is 0 Å². The van der Waals surface area contributed by atoms with Crippen LogP contribution in [0.4, 0.5) is 5.69 Å². The molecule has 1 heterocycles. The number of benzene rings is 1. The van der Waals surface area contributed by atoms with Gasteiger partial charge in [-0.1, -0.05) is 17.3 Å². The molecule has 0 amide bonds. The lowest BCUT2D eigenvalue weighted by Crippen LogP contribution is -2.50. The maximum Gasteiger partial charge on any atom is 0.172 e. The Kier molecular flexibility index (Phi) is 4.69. The van der Waals surface area contributed by atoms with E-state index in [0.717, 1.165) is 37.4 Å². The highest BCUT2D eigenvalue weighted by atomic mass is 16.4. The number of rotatable bonds is 4.